The number of aryl methyl sites for hydroxylation is 1. The fourth-order valence-corrected chi connectivity index (χ4v) is 2.20. The Morgan fingerprint density at radius 3 is 2.57 bits per heavy atom. The first-order valence-corrected chi connectivity index (χ1v) is 7.61. The van der Waals surface area contributed by atoms with E-state index in [9.17, 15) is 5.11 Å². The lowest BCUT2D eigenvalue weighted by atomic mass is 10.1. The molecule has 0 spiro atoms. The average Bonchev–Trinajstić information content (AvgIpc) is 2.52. The van der Waals surface area contributed by atoms with Gasteiger partial charge in [0, 0.05) is 12.2 Å². The Kier molecular flexibility index (Phi) is 8.48. The number of ether oxygens (including phenoxy) is 1. The van der Waals surface area contributed by atoms with Crippen LogP contribution < -0.4 is 15.8 Å². The number of rotatable bonds is 8. The van der Waals surface area contributed by atoms with Crippen molar-refractivity contribution < 1.29 is 9.84 Å². The molecule has 0 aliphatic heterocycles. The third kappa shape index (κ3) is 6.91. The summed E-state index contributed by atoms with van der Waals surface area (Å²) in [6, 6.07) is 17.5. The molecule has 2 unspecified atom stereocenters. The van der Waals surface area contributed by atoms with Crippen LogP contribution in [0.3, 0.4) is 0 Å². The number of aliphatic hydroxyl groups is 1. The van der Waals surface area contributed by atoms with E-state index >= 15 is 0 Å². The molecule has 4 nitrogen and oxygen atoms in total. The number of nitrogens with two attached hydrogens (primary N) is 1. The van der Waals surface area contributed by atoms with Gasteiger partial charge in [-0.2, -0.15) is 0 Å². The predicted molar refractivity (Wildman–Crippen MR) is 97.2 cm³/mol. The van der Waals surface area contributed by atoms with Gasteiger partial charge in [0.15, 0.2) is 6.23 Å². The first-order valence-electron chi connectivity index (χ1n) is 7.61. The van der Waals surface area contributed by atoms with Gasteiger partial charge in [-0.3, -0.25) is 5.73 Å². The molecule has 0 bridgehead atoms. The van der Waals surface area contributed by atoms with Crippen LogP contribution in [0.1, 0.15) is 18.4 Å². The number of para-hydroxylation sites is 1. The maximum atomic E-state index is 10.0. The number of halogens is 1. The Labute approximate surface area is 144 Å². The quantitative estimate of drug-likeness (QED) is 0.511. The topological polar surface area (TPSA) is 67.5 Å². The molecule has 0 aliphatic rings. The minimum absolute atomic E-state index is 0. The maximum Gasteiger partial charge on any atom is 0.173 e. The molecular weight excluding hydrogens is 312 g/mol. The molecule has 2 aromatic rings. The lowest BCUT2D eigenvalue weighted by Gasteiger charge is -2.20. The third-order valence-electron chi connectivity index (χ3n) is 3.42. The number of benzene rings is 2. The molecule has 0 fully saturated rings. The largest absolute Gasteiger partial charge is 0.473 e. The molecule has 2 atom stereocenters. The van der Waals surface area contributed by atoms with Crippen LogP contribution in [-0.4, -0.2) is 24.0 Å². The first kappa shape index (κ1) is 19.3. The highest BCUT2D eigenvalue weighted by Gasteiger charge is 2.15. The standard InChI is InChI=1S/C18H24N2O2.ClH/c1-14-7-5-8-15(13-14)20-12-6-11-17(21)18(19)22-16-9-3-2-4-10-16;/h2-5,7-10,13,17-18,20-21H,6,11-12,19H2,1H3;1H. The Bertz CT molecular complexity index is 566. The van der Waals surface area contributed by atoms with Gasteiger partial charge in [-0.05, 0) is 49.6 Å². The van der Waals surface area contributed by atoms with E-state index in [1.165, 1.54) is 5.56 Å². The van der Waals surface area contributed by atoms with Crippen molar-refractivity contribution in [3.63, 3.8) is 0 Å². The van der Waals surface area contributed by atoms with Crippen LogP contribution >= 0.6 is 12.4 Å². The normalized spacial score (nSPS) is 12.8. The molecule has 0 aromatic heterocycles. The second-order valence-electron chi connectivity index (χ2n) is 5.40. The van der Waals surface area contributed by atoms with Gasteiger partial charge in [0.1, 0.15) is 11.9 Å². The monoisotopic (exact) mass is 336 g/mol. The molecule has 4 N–H and O–H groups in total. The van der Waals surface area contributed by atoms with Gasteiger partial charge >= 0.3 is 0 Å². The van der Waals surface area contributed by atoms with E-state index in [0.717, 1.165) is 18.7 Å². The van der Waals surface area contributed by atoms with Crippen LogP contribution in [0.15, 0.2) is 54.6 Å². The van der Waals surface area contributed by atoms with Gasteiger partial charge in [0.25, 0.3) is 0 Å². The van der Waals surface area contributed by atoms with Crippen LogP contribution in [-0.2, 0) is 0 Å². The summed E-state index contributed by atoms with van der Waals surface area (Å²) in [5.41, 5.74) is 8.19. The van der Waals surface area contributed by atoms with Gasteiger partial charge in [-0.25, -0.2) is 0 Å². The second kappa shape index (κ2) is 10.1. The van der Waals surface area contributed by atoms with Crippen molar-refractivity contribution in [1.29, 1.82) is 0 Å². The van der Waals surface area contributed by atoms with Gasteiger partial charge < -0.3 is 15.2 Å². The zero-order chi connectivity index (χ0) is 15.8. The van der Waals surface area contributed by atoms with Crippen molar-refractivity contribution in [2.75, 3.05) is 11.9 Å². The van der Waals surface area contributed by atoms with Crippen molar-refractivity contribution >= 4 is 18.1 Å². The summed E-state index contributed by atoms with van der Waals surface area (Å²) in [5, 5.41) is 13.4. The van der Waals surface area contributed by atoms with Crippen LogP contribution in [0.5, 0.6) is 5.75 Å². The van der Waals surface area contributed by atoms with Crippen LogP contribution in [0, 0.1) is 6.92 Å². The molecule has 0 radical (unpaired) electrons. The summed E-state index contributed by atoms with van der Waals surface area (Å²) < 4.78 is 5.51. The third-order valence-corrected chi connectivity index (χ3v) is 3.42. The molecule has 0 amide bonds. The minimum Gasteiger partial charge on any atom is -0.473 e. The highest BCUT2D eigenvalue weighted by Crippen LogP contribution is 2.13. The van der Waals surface area contributed by atoms with E-state index in [0.29, 0.717) is 12.2 Å². The summed E-state index contributed by atoms with van der Waals surface area (Å²) in [6.45, 7) is 2.85. The highest BCUT2D eigenvalue weighted by molar-refractivity contribution is 5.85. The van der Waals surface area contributed by atoms with Crippen LogP contribution in [0.4, 0.5) is 5.69 Å². The summed E-state index contributed by atoms with van der Waals surface area (Å²) in [7, 11) is 0. The number of hydrogen-bond acceptors (Lipinski definition) is 4. The Hall–Kier alpha value is -1.75. The van der Waals surface area contributed by atoms with E-state index in [4.69, 9.17) is 10.5 Å². The summed E-state index contributed by atoms with van der Waals surface area (Å²) in [4.78, 5) is 0. The molecule has 2 rings (SSSR count). The molecule has 0 aliphatic carbocycles. The fraction of sp³-hybridized carbons (Fsp3) is 0.333. The lowest BCUT2D eigenvalue weighted by Crippen LogP contribution is -2.40. The van der Waals surface area contributed by atoms with Gasteiger partial charge in [-0.1, -0.05) is 30.3 Å². The molecular formula is C18H25ClN2O2. The first-order chi connectivity index (χ1) is 10.6. The molecule has 0 saturated carbocycles. The van der Waals surface area contributed by atoms with Crippen molar-refractivity contribution in [3.8, 4) is 5.75 Å². The average molecular weight is 337 g/mol. The van der Waals surface area contributed by atoms with Gasteiger partial charge in [0.05, 0.1) is 0 Å². The van der Waals surface area contributed by atoms with E-state index in [2.05, 4.69) is 24.4 Å². The maximum absolute atomic E-state index is 10.0. The Morgan fingerprint density at radius 2 is 1.87 bits per heavy atom. The smallest absolute Gasteiger partial charge is 0.173 e. The SMILES string of the molecule is Cc1cccc(NCCCC(O)C(N)Oc2ccccc2)c1.Cl. The lowest BCUT2D eigenvalue weighted by molar-refractivity contribution is 0.0340. The van der Waals surface area contributed by atoms with E-state index in [1.807, 2.05) is 42.5 Å². The second-order valence-corrected chi connectivity index (χ2v) is 5.40. The highest BCUT2D eigenvalue weighted by atomic mass is 35.5. The van der Waals surface area contributed by atoms with E-state index in [-0.39, 0.29) is 12.4 Å². The zero-order valence-corrected chi connectivity index (χ0v) is 14.1. The molecule has 23 heavy (non-hydrogen) atoms. The van der Waals surface area contributed by atoms with Crippen LogP contribution in [0.2, 0.25) is 0 Å². The summed E-state index contributed by atoms with van der Waals surface area (Å²) in [6.07, 6.45) is 0.0224. The summed E-state index contributed by atoms with van der Waals surface area (Å²) in [5.74, 6) is 0.673. The minimum atomic E-state index is -0.707. The van der Waals surface area contributed by atoms with Gasteiger partial charge in [0.2, 0.25) is 0 Å². The molecule has 126 valence electrons. The molecule has 2 aromatic carbocycles. The van der Waals surface area contributed by atoms with Crippen molar-refractivity contribution in [3.05, 3.63) is 60.2 Å². The van der Waals surface area contributed by atoms with E-state index < -0.39 is 12.3 Å². The molecule has 0 heterocycles. The van der Waals surface area contributed by atoms with Crippen molar-refractivity contribution in [2.24, 2.45) is 5.73 Å². The fourth-order valence-electron chi connectivity index (χ4n) is 2.20. The van der Waals surface area contributed by atoms with Crippen molar-refractivity contribution in [1.82, 2.24) is 0 Å². The molecule has 0 saturated heterocycles. The molecule has 5 heteroatoms. The number of hydrogen-bond donors (Lipinski definition) is 3. The van der Waals surface area contributed by atoms with Crippen molar-refractivity contribution in [2.45, 2.75) is 32.1 Å². The summed E-state index contributed by atoms with van der Waals surface area (Å²) >= 11 is 0. The number of anilines is 1. The predicted octanol–water partition coefficient (Wildman–Crippen LogP) is 3.33. The Morgan fingerprint density at radius 1 is 1.13 bits per heavy atom. The zero-order valence-electron chi connectivity index (χ0n) is 13.3. The Balaban J connectivity index is 0.00000264. The van der Waals surface area contributed by atoms with Gasteiger partial charge in [-0.15, -0.1) is 12.4 Å². The van der Waals surface area contributed by atoms with E-state index in [1.54, 1.807) is 0 Å². The number of aliphatic hydroxyl groups excluding tert-OH is 1. The van der Waals surface area contributed by atoms with Crippen LogP contribution in [0.25, 0.3) is 0 Å². The number of nitrogens with one attached hydrogen (secondary N) is 1.